The van der Waals surface area contributed by atoms with Gasteiger partial charge < -0.3 is 0 Å². The fraction of sp³-hybridized carbons (Fsp3) is 0.143. The highest BCUT2D eigenvalue weighted by molar-refractivity contribution is 9.11. The Bertz CT molecular complexity index is 561. The number of alkyl halides is 1. The van der Waals surface area contributed by atoms with Crippen molar-refractivity contribution < 1.29 is 0 Å². The highest BCUT2D eigenvalue weighted by atomic mass is 79.9. The highest BCUT2D eigenvalue weighted by Crippen LogP contribution is 2.37. The van der Waals surface area contributed by atoms with Crippen molar-refractivity contribution in [2.75, 3.05) is 0 Å². The van der Waals surface area contributed by atoms with Gasteiger partial charge in [0.25, 0.3) is 0 Å². The van der Waals surface area contributed by atoms with Crippen molar-refractivity contribution in [2.24, 2.45) is 0 Å². The quantitative estimate of drug-likeness (QED) is 0.446. The van der Waals surface area contributed by atoms with Crippen LogP contribution in [0.5, 0.6) is 0 Å². The topological polar surface area (TPSA) is 0 Å². The van der Waals surface area contributed by atoms with E-state index in [1.807, 2.05) is 31.2 Å². The Kier molecular flexibility index (Phi) is 4.92. The molecule has 0 aliphatic carbocycles. The molecule has 0 bridgehead atoms. The van der Waals surface area contributed by atoms with E-state index in [9.17, 15) is 0 Å². The van der Waals surface area contributed by atoms with Gasteiger partial charge in [0.05, 0.1) is 4.83 Å². The molecule has 4 heteroatoms. The van der Waals surface area contributed by atoms with Gasteiger partial charge in [0.15, 0.2) is 0 Å². The Balaban J connectivity index is 2.47. The maximum absolute atomic E-state index is 6.11. The summed E-state index contributed by atoms with van der Waals surface area (Å²) in [5.41, 5.74) is 3.48. The van der Waals surface area contributed by atoms with E-state index in [2.05, 4.69) is 59.9 Å². The normalized spacial score (nSPS) is 12.5. The number of hydrogen-bond donors (Lipinski definition) is 0. The summed E-state index contributed by atoms with van der Waals surface area (Å²) < 4.78 is 2.13. The minimum atomic E-state index is 0.113. The summed E-state index contributed by atoms with van der Waals surface area (Å²) in [7, 11) is 0. The van der Waals surface area contributed by atoms with Crippen LogP contribution in [0.1, 0.15) is 21.5 Å². The Morgan fingerprint density at radius 3 is 2.44 bits per heavy atom. The summed E-state index contributed by atoms with van der Waals surface area (Å²) in [6.07, 6.45) is 0. The molecule has 0 saturated heterocycles. The van der Waals surface area contributed by atoms with Gasteiger partial charge in [-0.1, -0.05) is 65.5 Å². The Labute approximate surface area is 137 Å². The van der Waals surface area contributed by atoms with E-state index in [1.165, 1.54) is 5.56 Å². The van der Waals surface area contributed by atoms with Crippen LogP contribution in [0.2, 0.25) is 5.02 Å². The molecule has 0 aliphatic heterocycles. The van der Waals surface area contributed by atoms with Crippen LogP contribution in [0.4, 0.5) is 0 Å². The smallest absolute Gasteiger partial charge is 0.0656 e. The molecule has 94 valence electrons. The van der Waals surface area contributed by atoms with Gasteiger partial charge in [-0.15, -0.1) is 0 Å². The lowest BCUT2D eigenvalue weighted by Crippen LogP contribution is -1.95. The Morgan fingerprint density at radius 1 is 1.06 bits per heavy atom. The van der Waals surface area contributed by atoms with Gasteiger partial charge in [0, 0.05) is 14.0 Å². The van der Waals surface area contributed by atoms with E-state index in [4.69, 9.17) is 11.6 Å². The lowest BCUT2D eigenvalue weighted by Gasteiger charge is -2.14. The predicted octanol–water partition coefficient (Wildman–Crippen LogP) is 6.66. The third kappa shape index (κ3) is 3.38. The van der Waals surface area contributed by atoms with Crippen LogP contribution in [0, 0.1) is 6.92 Å². The molecule has 2 aromatic carbocycles. The zero-order chi connectivity index (χ0) is 13.3. The maximum atomic E-state index is 6.11. The van der Waals surface area contributed by atoms with Crippen molar-refractivity contribution in [3.05, 3.63) is 67.1 Å². The summed E-state index contributed by atoms with van der Waals surface area (Å²) in [6.45, 7) is 2.05. The molecule has 2 rings (SSSR count). The molecule has 0 heterocycles. The third-order valence-electron chi connectivity index (χ3n) is 2.59. The molecule has 0 radical (unpaired) electrons. The van der Waals surface area contributed by atoms with Gasteiger partial charge in [0.2, 0.25) is 0 Å². The number of rotatable bonds is 2. The predicted molar refractivity (Wildman–Crippen MR) is 88.8 cm³/mol. The third-order valence-corrected chi connectivity index (χ3v) is 5.04. The molecule has 2 aromatic rings. The molecule has 0 amide bonds. The molecule has 0 N–H and O–H groups in total. The monoisotopic (exact) mass is 450 g/mol. The lowest BCUT2D eigenvalue weighted by molar-refractivity contribution is 1.15. The van der Waals surface area contributed by atoms with Crippen molar-refractivity contribution in [1.82, 2.24) is 0 Å². The fourth-order valence-electron chi connectivity index (χ4n) is 1.80. The second-order valence-corrected chi connectivity index (χ2v) is 7.21. The summed E-state index contributed by atoms with van der Waals surface area (Å²) >= 11 is 16.9. The molecule has 0 spiro atoms. The van der Waals surface area contributed by atoms with E-state index in [1.54, 1.807) is 0 Å². The number of benzene rings is 2. The highest BCUT2D eigenvalue weighted by Gasteiger charge is 2.14. The second kappa shape index (κ2) is 6.08. The summed E-state index contributed by atoms with van der Waals surface area (Å²) in [4.78, 5) is 0.113. The van der Waals surface area contributed by atoms with Gasteiger partial charge >= 0.3 is 0 Å². The molecule has 0 aromatic heterocycles. The molecule has 1 atom stereocenters. The average Bonchev–Trinajstić information content (AvgIpc) is 2.30. The van der Waals surface area contributed by atoms with Gasteiger partial charge in [-0.05, 0) is 53.9 Å². The van der Waals surface area contributed by atoms with E-state index in [-0.39, 0.29) is 4.83 Å². The van der Waals surface area contributed by atoms with Gasteiger partial charge in [-0.3, -0.25) is 0 Å². The molecule has 0 fully saturated rings. The molecule has 0 aliphatic rings. The van der Waals surface area contributed by atoms with Crippen molar-refractivity contribution in [2.45, 2.75) is 11.8 Å². The van der Waals surface area contributed by atoms with Crippen LogP contribution in [-0.2, 0) is 0 Å². The molecule has 1 unspecified atom stereocenters. The van der Waals surface area contributed by atoms with E-state index >= 15 is 0 Å². The zero-order valence-corrected chi connectivity index (χ0v) is 15.1. The van der Waals surface area contributed by atoms with Crippen molar-refractivity contribution >= 4 is 59.4 Å². The van der Waals surface area contributed by atoms with Gasteiger partial charge in [0.1, 0.15) is 0 Å². The Morgan fingerprint density at radius 2 is 1.78 bits per heavy atom. The number of aryl methyl sites for hydroxylation is 1. The van der Waals surface area contributed by atoms with Gasteiger partial charge in [-0.2, -0.15) is 0 Å². The van der Waals surface area contributed by atoms with Crippen LogP contribution in [0.3, 0.4) is 0 Å². The van der Waals surface area contributed by atoms with Crippen LogP contribution in [0.25, 0.3) is 0 Å². The first-order valence-corrected chi connectivity index (χ1v) is 8.21. The molecule has 18 heavy (non-hydrogen) atoms. The van der Waals surface area contributed by atoms with Gasteiger partial charge in [-0.25, -0.2) is 0 Å². The average molecular weight is 453 g/mol. The van der Waals surface area contributed by atoms with Crippen molar-refractivity contribution in [3.8, 4) is 0 Å². The van der Waals surface area contributed by atoms with Crippen molar-refractivity contribution in [3.63, 3.8) is 0 Å². The fourth-order valence-corrected chi connectivity index (χ4v) is 3.90. The first-order chi connectivity index (χ1) is 8.47. The molecule has 0 nitrogen and oxygen atoms in total. The summed E-state index contributed by atoms with van der Waals surface area (Å²) in [5, 5.41) is 0.764. The molecule has 0 saturated carbocycles. The van der Waals surface area contributed by atoms with Crippen LogP contribution < -0.4 is 0 Å². The minimum Gasteiger partial charge on any atom is -0.0843 e. The number of halogens is 4. The van der Waals surface area contributed by atoms with E-state index in [0.29, 0.717) is 0 Å². The second-order valence-electron chi connectivity index (χ2n) is 4.09. The minimum absolute atomic E-state index is 0.113. The Hall–Kier alpha value is 0.170. The first kappa shape index (κ1) is 14.6. The number of hydrogen-bond acceptors (Lipinski definition) is 0. The maximum Gasteiger partial charge on any atom is 0.0656 e. The first-order valence-electron chi connectivity index (χ1n) is 5.33. The van der Waals surface area contributed by atoms with Crippen LogP contribution in [-0.4, -0.2) is 0 Å². The zero-order valence-electron chi connectivity index (χ0n) is 9.55. The lowest BCUT2D eigenvalue weighted by atomic mass is 10.0. The van der Waals surface area contributed by atoms with Crippen LogP contribution >= 0.6 is 59.4 Å². The standard InChI is InChI=1S/C14H10Br3Cl/c1-8-4-9(6-11(18)5-8)14(17)12-7-10(15)2-3-13(12)16/h2-7,14H,1H3. The molecular formula is C14H10Br3Cl. The largest absolute Gasteiger partial charge is 0.0843 e. The summed E-state index contributed by atoms with van der Waals surface area (Å²) in [5.74, 6) is 0. The van der Waals surface area contributed by atoms with E-state index < -0.39 is 0 Å². The van der Waals surface area contributed by atoms with Crippen molar-refractivity contribution in [1.29, 1.82) is 0 Å². The molecular weight excluding hydrogens is 443 g/mol. The van der Waals surface area contributed by atoms with E-state index in [0.717, 1.165) is 25.1 Å². The summed E-state index contributed by atoms with van der Waals surface area (Å²) in [6, 6.07) is 12.2. The SMILES string of the molecule is Cc1cc(Cl)cc(C(Br)c2cc(Br)ccc2Br)c1. The van der Waals surface area contributed by atoms with Crippen LogP contribution in [0.15, 0.2) is 45.3 Å².